The number of aryl methyl sites for hydroxylation is 1. The first-order valence-electron chi connectivity index (χ1n) is 9.37. The molecule has 7 heteroatoms. The van der Waals surface area contributed by atoms with E-state index < -0.39 is 12.1 Å². The lowest BCUT2D eigenvalue weighted by molar-refractivity contribution is -0.131. The number of ether oxygens (including phenoxy) is 1. The number of hydrogen-bond acceptors (Lipinski definition) is 5. The van der Waals surface area contributed by atoms with E-state index in [1.54, 1.807) is 36.3 Å². The van der Waals surface area contributed by atoms with Crippen molar-refractivity contribution in [3.8, 4) is 5.75 Å². The van der Waals surface area contributed by atoms with Crippen LogP contribution in [0, 0.1) is 18.7 Å². The lowest BCUT2D eigenvalue weighted by atomic mass is 9.82. The average molecular weight is 385 g/mol. The van der Waals surface area contributed by atoms with E-state index in [1.807, 2.05) is 19.1 Å². The first kappa shape index (κ1) is 18.9. The van der Waals surface area contributed by atoms with Gasteiger partial charge in [-0.15, -0.1) is 0 Å². The number of phenols is 1. The quantitative estimate of drug-likeness (QED) is 0.736. The van der Waals surface area contributed by atoms with Crippen LogP contribution in [-0.4, -0.2) is 42.2 Å². The number of carbonyl (C=O) groups is 1. The van der Waals surface area contributed by atoms with Gasteiger partial charge in [-0.25, -0.2) is 15.2 Å². The van der Waals surface area contributed by atoms with Crippen molar-refractivity contribution < 1.29 is 19.0 Å². The zero-order valence-corrected chi connectivity index (χ0v) is 15.9. The summed E-state index contributed by atoms with van der Waals surface area (Å²) in [6.07, 6.45) is 0. The third-order valence-electron chi connectivity index (χ3n) is 5.69. The zero-order valence-electron chi connectivity index (χ0n) is 15.9. The van der Waals surface area contributed by atoms with Crippen LogP contribution in [0.5, 0.6) is 5.75 Å². The fourth-order valence-electron chi connectivity index (χ4n) is 4.42. The molecule has 0 bridgehead atoms. The Balaban J connectivity index is 1.80. The van der Waals surface area contributed by atoms with E-state index in [0.717, 1.165) is 5.56 Å². The Morgan fingerprint density at radius 3 is 2.64 bits per heavy atom. The Hall–Kier alpha value is -2.48. The number of likely N-dealkylation sites (tertiary alicyclic amines) is 1. The largest absolute Gasteiger partial charge is 0.508 e. The highest BCUT2D eigenvalue weighted by Gasteiger charge is 2.56. The maximum Gasteiger partial charge on any atom is 0.242 e. The van der Waals surface area contributed by atoms with Crippen LogP contribution in [-0.2, 0) is 9.53 Å². The number of phenolic OH excluding ortho intramolecular Hbond substituents is 1. The molecule has 2 aromatic carbocycles. The highest BCUT2D eigenvalue weighted by atomic mass is 19.1. The predicted octanol–water partition coefficient (Wildman–Crippen LogP) is 2.20. The monoisotopic (exact) mass is 385 g/mol. The van der Waals surface area contributed by atoms with Gasteiger partial charge < -0.3 is 14.7 Å². The van der Waals surface area contributed by atoms with E-state index in [-0.39, 0.29) is 29.4 Å². The lowest BCUT2D eigenvalue weighted by Gasteiger charge is -2.31. The second-order valence-electron chi connectivity index (χ2n) is 7.37. The number of hydrogen-bond donors (Lipinski definition) is 3. The molecule has 148 valence electrons. The normalized spacial score (nSPS) is 26.7. The number of methoxy groups -OCH3 is 1. The minimum Gasteiger partial charge on any atom is -0.508 e. The fraction of sp³-hybridized carbons (Fsp3) is 0.381. The topological polar surface area (TPSA) is 73.8 Å². The van der Waals surface area contributed by atoms with Crippen molar-refractivity contribution in [2.75, 3.05) is 20.3 Å². The summed E-state index contributed by atoms with van der Waals surface area (Å²) in [4.78, 5) is 14.8. The molecule has 4 rings (SSSR count). The molecular weight excluding hydrogens is 361 g/mol. The van der Waals surface area contributed by atoms with Gasteiger partial charge in [-0.3, -0.25) is 4.79 Å². The van der Waals surface area contributed by atoms with Gasteiger partial charge in [0, 0.05) is 30.7 Å². The van der Waals surface area contributed by atoms with Crippen LogP contribution in [0.3, 0.4) is 0 Å². The number of aromatic hydroxyl groups is 1. The van der Waals surface area contributed by atoms with E-state index in [9.17, 15) is 14.3 Å². The molecule has 4 atom stereocenters. The Labute approximate surface area is 163 Å². The molecule has 2 aromatic rings. The molecule has 3 N–H and O–H groups in total. The van der Waals surface area contributed by atoms with Gasteiger partial charge in [0.1, 0.15) is 17.6 Å². The van der Waals surface area contributed by atoms with Gasteiger partial charge in [-0.2, -0.15) is 0 Å². The van der Waals surface area contributed by atoms with Gasteiger partial charge >= 0.3 is 0 Å². The molecule has 6 nitrogen and oxygen atoms in total. The molecule has 2 heterocycles. The standard InChI is InChI=1S/C21H24FN3O3/c1-12-7-8-16(26)14(11-12)18-17-19(24-23-18)21(27)25(9-10-28-2)20(17)13-5-3-4-6-15(13)22/h3-8,11,17-20,23-24,26H,9-10H2,1-2H3. The van der Waals surface area contributed by atoms with E-state index in [4.69, 9.17) is 4.74 Å². The number of carbonyl (C=O) groups excluding carboxylic acids is 1. The number of halogens is 1. The van der Waals surface area contributed by atoms with Crippen molar-refractivity contribution in [3.05, 3.63) is 65.0 Å². The molecule has 0 radical (unpaired) electrons. The highest BCUT2D eigenvalue weighted by molar-refractivity contribution is 5.86. The van der Waals surface area contributed by atoms with Gasteiger partial charge in [-0.1, -0.05) is 35.9 Å². The average Bonchev–Trinajstić information content (AvgIpc) is 3.22. The van der Waals surface area contributed by atoms with Gasteiger partial charge in [-0.05, 0) is 19.1 Å². The summed E-state index contributed by atoms with van der Waals surface area (Å²) >= 11 is 0. The van der Waals surface area contributed by atoms with E-state index >= 15 is 0 Å². The fourth-order valence-corrected chi connectivity index (χ4v) is 4.42. The third-order valence-corrected chi connectivity index (χ3v) is 5.69. The molecule has 28 heavy (non-hydrogen) atoms. The highest BCUT2D eigenvalue weighted by Crippen LogP contribution is 2.48. The van der Waals surface area contributed by atoms with Crippen LogP contribution in [0.1, 0.15) is 28.8 Å². The van der Waals surface area contributed by atoms with Gasteiger partial charge in [0.05, 0.1) is 18.7 Å². The molecule has 4 unspecified atom stereocenters. The molecule has 0 spiro atoms. The SMILES string of the molecule is COCCN1C(=O)C2NNC(c3cc(C)ccc3O)C2C1c1ccccc1F. The van der Waals surface area contributed by atoms with Crippen LogP contribution < -0.4 is 10.9 Å². The van der Waals surface area contributed by atoms with Crippen molar-refractivity contribution in [1.29, 1.82) is 0 Å². The number of nitrogens with zero attached hydrogens (tertiary/aromatic N) is 1. The van der Waals surface area contributed by atoms with Gasteiger partial charge in [0.25, 0.3) is 0 Å². The maximum absolute atomic E-state index is 14.7. The molecular formula is C21H24FN3O3. The van der Waals surface area contributed by atoms with Crippen molar-refractivity contribution in [2.45, 2.75) is 25.0 Å². The van der Waals surface area contributed by atoms with Crippen LogP contribution in [0.2, 0.25) is 0 Å². The molecule has 2 aliphatic rings. The Bertz CT molecular complexity index is 891. The van der Waals surface area contributed by atoms with E-state index in [0.29, 0.717) is 24.3 Å². The molecule has 2 saturated heterocycles. The van der Waals surface area contributed by atoms with E-state index in [2.05, 4.69) is 10.9 Å². The van der Waals surface area contributed by atoms with Crippen LogP contribution in [0.15, 0.2) is 42.5 Å². The second kappa shape index (κ2) is 7.50. The van der Waals surface area contributed by atoms with Crippen LogP contribution in [0.4, 0.5) is 4.39 Å². The Morgan fingerprint density at radius 2 is 1.89 bits per heavy atom. The van der Waals surface area contributed by atoms with Crippen molar-refractivity contribution >= 4 is 5.91 Å². The van der Waals surface area contributed by atoms with Crippen molar-refractivity contribution in [2.24, 2.45) is 5.92 Å². The molecule has 0 aromatic heterocycles. The minimum absolute atomic E-state index is 0.0996. The number of fused-ring (bicyclic) bond motifs is 1. The third kappa shape index (κ3) is 3.05. The predicted molar refractivity (Wildman–Crippen MR) is 102 cm³/mol. The number of nitrogens with one attached hydrogen (secondary N) is 2. The smallest absolute Gasteiger partial charge is 0.242 e. The minimum atomic E-state index is -0.508. The first-order valence-corrected chi connectivity index (χ1v) is 9.37. The first-order chi connectivity index (χ1) is 13.5. The summed E-state index contributed by atoms with van der Waals surface area (Å²) in [6.45, 7) is 2.68. The summed E-state index contributed by atoms with van der Waals surface area (Å²) in [5.41, 5.74) is 8.40. The lowest BCUT2D eigenvalue weighted by Crippen LogP contribution is -2.42. The Morgan fingerprint density at radius 1 is 1.14 bits per heavy atom. The van der Waals surface area contributed by atoms with Crippen LogP contribution in [0.25, 0.3) is 0 Å². The van der Waals surface area contributed by atoms with Crippen LogP contribution >= 0.6 is 0 Å². The Kier molecular flexibility index (Phi) is 5.05. The zero-order chi connectivity index (χ0) is 19.8. The summed E-state index contributed by atoms with van der Waals surface area (Å²) in [6, 6.07) is 10.6. The summed E-state index contributed by atoms with van der Waals surface area (Å²) in [5, 5.41) is 10.4. The number of amides is 1. The molecule has 2 fully saturated rings. The van der Waals surface area contributed by atoms with Crippen molar-refractivity contribution in [3.63, 3.8) is 0 Å². The number of rotatable bonds is 5. The summed E-state index contributed by atoms with van der Waals surface area (Å²) in [5.74, 6) is -0.575. The molecule has 0 saturated carbocycles. The second-order valence-corrected chi connectivity index (χ2v) is 7.37. The molecule has 2 aliphatic heterocycles. The number of benzene rings is 2. The number of hydrazine groups is 1. The van der Waals surface area contributed by atoms with Gasteiger partial charge in [0.15, 0.2) is 0 Å². The maximum atomic E-state index is 14.7. The molecule has 1 amide bonds. The summed E-state index contributed by atoms with van der Waals surface area (Å²) < 4.78 is 19.9. The van der Waals surface area contributed by atoms with E-state index in [1.165, 1.54) is 6.07 Å². The molecule has 0 aliphatic carbocycles. The summed E-state index contributed by atoms with van der Waals surface area (Å²) in [7, 11) is 1.58. The van der Waals surface area contributed by atoms with Crippen molar-refractivity contribution in [1.82, 2.24) is 15.8 Å². The van der Waals surface area contributed by atoms with Gasteiger partial charge in [0.2, 0.25) is 5.91 Å².